The van der Waals surface area contributed by atoms with Crippen molar-refractivity contribution in [1.29, 1.82) is 0 Å². The van der Waals surface area contributed by atoms with E-state index in [4.69, 9.17) is 23.8 Å². The van der Waals surface area contributed by atoms with Crippen molar-refractivity contribution < 1.29 is 8.83 Å². The number of benzene rings is 5. The van der Waals surface area contributed by atoms with Crippen LogP contribution in [0.3, 0.4) is 0 Å². The van der Waals surface area contributed by atoms with Crippen LogP contribution >= 0.6 is 0 Å². The zero-order valence-electron chi connectivity index (χ0n) is 23.7. The van der Waals surface area contributed by atoms with E-state index in [0.717, 1.165) is 73.8 Å². The van der Waals surface area contributed by atoms with Gasteiger partial charge in [-0.25, -0.2) is 15.0 Å². The fourth-order valence-electron chi connectivity index (χ4n) is 6.29. The fourth-order valence-corrected chi connectivity index (χ4v) is 6.29. The lowest BCUT2D eigenvalue weighted by Crippen LogP contribution is -2.01. The molecular weight excluding hydrogens is 542 g/mol. The minimum Gasteiger partial charge on any atom is -0.460 e. The van der Waals surface area contributed by atoms with Crippen molar-refractivity contribution in [2.75, 3.05) is 0 Å². The summed E-state index contributed by atoms with van der Waals surface area (Å²) < 4.78 is 12.3. The zero-order chi connectivity index (χ0) is 29.0. The maximum absolute atomic E-state index is 6.22. The Morgan fingerprint density at radius 2 is 1.02 bits per heavy atom. The van der Waals surface area contributed by atoms with E-state index in [0.29, 0.717) is 17.5 Å². The summed E-state index contributed by atoms with van der Waals surface area (Å²) in [5, 5.41) is 3.27. The molecule has 9 rings (SSSR count). The molecule has 0 unspecified atom stereocenters. The topological polar surface area (TPSA) is 65.0 Å². The number of allylic oxidation sites excluding steroid dienone is 1. The summed E-state index contributed by atoms with van der Waals surface area (Å²) in [5.41, 5.74) is 8.99. The van der Waals surface area contributed by atoms with Crippen molar-refractivity contribution in [2.24, 2.45) is 0 Å². The smallest absolute Gasteiger partial charge is 0.164 e. The third-order valence-electron chi connectivity index (χ3n) is 8.41. The van der Waals surface area contributed by atoms with Gasteiger partial charge in [-0.1, -0.05) is 97.1 Å². The average molecular weight is 568 g/mol. The van der Waals surface area contributed by atoms with Crippen molar-refractivity contribution >= 4 is 38.5 Å². The van der Waals surface area contributed by atoms with E-state index >= 15 is 0 Å². The van der Waals surface area contributed by atoms with Crippen LogP contribution in [0.1, 0.15) is 23.3 Å². The number of rotatable bonds is 4. The number of aromatic nitrogens is 3. The molecule has 5 aromatic carbocycles. The van der Waals surface area contributed by atoms with Gasteiger partial charge in [0, 0.05) is 44.8 Å². The molecule has 1 aliphatic carbocycles. The summed E-state index contributed by atoms with van der Waals surface area (Å²) >= 11 is 0. The van der Waals surface area contributed by atoms with Gasteiger partial charge in [-0.2, -0.15) is 0 Å². The van der Waals surface area contributed by atoms with Crippen LogP contribution in [0.4, 0.5) is 0 Å². The average Bonchev–Trinajstić information content (AvgIpc) is 3.67. The lowest BCUT2D eigenvalue weighted by atomic mass is 9.89. The normalized spacial score (nSPS) is 13.0. The SMILES string of the molecule is C1=C(c2ccc(-c3nc(-c4ccccc4)nc(-c4ccc5oc6ccccc6c5c4)n3)cc2)c2c(oc3ccccc23)CC1. The third kappa shape index (κ3) is 4.05. The van der Waals surface area contributed by atoms with Crippen LogP contribution < -0.4 is 0 Å². The summed E-state index contributed by atoms with van der Waals surface area (Å²) in [7, 11) is 0. The van der Waals surface area contributed by atoms with Crippen LogP contribution in [-0.4, -0.2) is 15.0 Å². The Balaban J connectivity index is 1.15. The molecule has 0 radical (unpaired) electrons. The molecular formula is C39H25N3O2. The number of aryl methyl sites for hydroxylation is 1. The molecule has 3 heterocycles. The highest BCUT2D eigenvalue weighted by atomic mass is 16.3. The number of hydrogen-bond acceptors (Lipinski definition) is 5. The third-order valence-corrected chi connectivity index (χ3v) is 8.41. The highest BCUT2D eigenvalue weighted by Crippen LogP contribution is 2.39. The van der Waals surface area contributed by atoms with E-state index in [1.807, 2.05) is 72.8 Å². The molecule has 3 aromatic heterocycles. The van der Waals surface area contributed by atoms with Gasteiger partial charge < -0.3 is 8.83 Å². The van der Waals surface area contributed by atoms with E-state index in [-0.39, 0.29) is 0 Å². The maximum Gasteiger partial charge on any atom is 0.164 e. The van der Waals surface area contributed by atoms with Crippen molar-refractivity contribution in [3.63, 3.8) is 0 Å². The first-order chi connectivity index (χ1) is 21.8. The van der Waals surface area contributed by atoms with E-state index in [1.165, 1.54) is 11.1 Å². The summed E-state index contributed by atoms with van der Waals surface area (Å²) in [6.45, 7) is 0. The van der Waals surface area contributed by atoms with Crippen LogP contribution in [0.15, 0.2) is 136 Å². The molecule has 208 valence electrons. The summed E-state index contributed by atoms with van der Waals surface area (Å²) in [6, 6.07) is 41.1. The monoisotopic (exact) mass is 567 g/mol. The quantitative estimate of drug-likeness (QED) is 0.212. The predicted molar refractivity (Wildman–Crippen MR) is 175 cm³/mol. The minimum atomic E-state index is 0.620. The van der Waals surface area contributed by atoms with Gasteiger partial charge in [0.1, 0.15) is 22.5 Å². The number of para-hydroxylation sites is 2. The van der Waals surface area contributed by atoms with E-state index in [1.54, 1.807) is 0 Å². The Labute approximate surface area is 253 Å². The summed E-state index contributed by atoms with van der Waals surface area (Å²) in [4.78, 5) is 14.9. The van der Waals surface area contributed by atoms with E-state index in [9.17, 15) is 0 Å². The van der Waals surface area contributed by atoms with Crippen molar-refractivity contribution in [2.45, 2.75) is 12.8 Å². The highest BCUT2D eigenvalue weighted by Gasteiger charge is 2.22. The summed E-state index contributed by atoms with van der Waals surface area (Å²) in [5.74, 6) is 2.94. The molecule has 0 saturated carbocycles. The van der Waals surface area contributed by atoms with E-state index in [2.05, 4.69) is 54.6 Å². The van der Waals surface area contributed by atoms with Crippen molar-refractivity contribution in [3.05, 3.63) is 144 Å². The standard InChI is InChI=1S/C39H25N3O2/c1-2-9-25(10-3-1)37-40-38(42-39(41-37)27-21-22-34-31(23-27)29-11-4-6-14-32(29)43-34)26-19-17-24(18-20-26)28-13-8-16-35-36(28)30-12-5-7-15-33(30)44-35/h1-7,9-15,17-23H,8,16H2. The van der Waals surface area contributed by atoms with Gasteiger partial charge >= 0.3 is 0 Å². The molecule has 0 amide bonds. The van der Waals surface area contributed by atoms with Gasteiger partial charge in [-0.05, 0) is 47.9 Å². The number of furan rings is 2. The van der Waals surface area contributed by atoms with Gasteiger partial charge in [0.25, 0.3) is 0 Å². The Morgan fingerprint density at radius 3 is 1.80 bits per heavy atom. The molecule has 8 aromatic rings. The first-order valence-corrected chi connectivity index (χ1v) is 14.8. The second-order valence-electron chi connectivity index (χ2n) is 11.1. The lowest BCUT2D eigenvalue weighted by molar-refractivity contribution is 0.545. The molecule has 44 heavy (non-hydrogen) atoms. The second kappa shape index (κ2) is 9.89. The van der Waals surface area contributed by atoms with Gasteiger partial charge in [-0.3, -0.25) is 0 Å². The number of hydrogen-bond donors (Lipinski definition) is 0. The Bertz CT molecular complexity index is 2380. The Hall–Kier alpha value is -5.81. The molecule has 0 N–H and O–H groups in total. The molecule has 0 atom stereocenters. The van der Waals surface area contributed by atoms with Gasteiger partial charge in [0.05, 0.1) is 0 Å². The van der Waals surface area contributed by atoms with Crippen LogP contribution in [0.5, 0.6) is 0 Å². The first-order valence-electron chi connectivity index (χ1n) is 14.8. The Morgan fingerprint density at radius 1 is 0.455 bits per heavy atom. The largest absolute Gasteiger partial charge is 0.460 e. The Kier molecular flexibility index (Phi) is 5.56. The first kappa shape index (κ1) is 24.8. The van der Waals surface area contributed by atoms with Gasteiger partial charge in [-0.15, -0.1) is 0 Å². The number of fused-ring (bicyclic) bond motifs is 6. The van der Waals surface area contributed by atoms with Crippen LogP contribution in [0.2, 0.25) is 0 Å². The molecule has 0 aliphatic heterocycles. The minimum absolute atomic E-state index is 0.620. The lowest BCUT2D eigenvalue weighted by Gasteiger charge is -2.14. The molecule has 0 bridgehead atoms. The number of nitrogens with zero attached hydrogens (tertiary/aromatic N) is 3. The van der Waals surface area contributed by atoms with Crippen LogP contribution in [-0.2, 0) is 6.42 Å². The highest BCUT2D eigenvalue weighted by molar-refractivity contribution is 6.06. The predicted octanol–water partition coefficient (Wildman–Crippen LogP) is 9.90. The summed E-state index contributed by atoms with van der Waals surface area (Å²) in [6.07, 6.45) is 4.20. The van der Waals surface area contributed by atoms with Crippen LogP contribution in [0, 0.1) is 0 Å². The maximum atomic E-state index is 6.22. The van der Waals surface area contributed by atoms with Crippen molar-refractivity contribution in [3.8, 4) is 34.2 Å². The molecule has 0 saturated heterocycles. The fraction of sp³-hybridized carbons (Fsp3) is 0.0513. The zero-order valence-corrected chi connectivity index (χ0v) is 23.7. The molecule has 0 fully saturated rings. The van der Waals surface area contributed by atoms with Crippen LogP contribution in [0.25, 0.3) is 72.6 Å². The molecule has 1 aliphatic rings. The van der Waals surface area contributed by atoms with Gasteiger partial charge in [0.15, 0.2) is 17.5 Å². The molecule has 5 heteroatoms. The van der Waals surface area contributed by atoms with Gasteiger partial charge in [0.2, 0.25) is 0 Å². The second-order valence-corrected chi connectivity index (χ2v) is 11.1. The van der Waals surface area contributed by atoms with Crippen molar-refractivity contribution in [1.82, 2.24) is 15.0 Å². The molecule has 5 nitrogen and oxygen atoms in total. The molecule has 0 spiro atoms. The van der Waals surface area contributed by atoms with E-state index < -0.39 is 0 Å².